The third-order valence-electron chi connectivity index (χ3n) is 11.8. The van der Waals surface area contributed by atoms with E-state index in [1.807, 2.05) is 41.3 Å². The molecule has 1 fully saturated rings. The molecule has 62 heavy (non-hydrogen) atoms. The lowest BCUT2D eigenvalue weighted by Crippen LogP contribution is -2.38. The van der Waals surface area contributed by atoms with Crippen molar-refractivity contribution < 1.29 is 27.6 Å². The Morgan fingerprint density at radius 3 is 2.35 bits per heavy atom. The predicted octanol–water partition coefficient (Wildman–Crippen LogP) is 8.03. The summed E-state index contributed by atoms with van der Waals surface area (Å²) in [6.07, 6.45) is 15.8. The Morgan fingerprint density at radius 1 is 0.968 bits per heavy atom. The van der Waals surface area contributed by atoms with Crippen molar-refractivity contribution in [2.45, 2.75) is 89.0 Å². The number of rotatable bonds is 17. The highest BCUT2D eigenvalue weighted by molar-refractivity contribution is 7.90. The van der Waals surface area contributed by atoms with Crippen LogP contribution in [-0.4, -0.2) is 67.9 Å². The van der Waals surface area contributed by atoms with E-state index in [1.165, 1.54) is 25.7 Å². The van der Waals surface area contributed by atoms with Gasteiger partial charge in [-0.2, -0.15) is 0 Å². The highest BCUT2D eigenvalue weighted by atomic mass is 32.2. The summed E-state index contributed by atoms with van der Waals surface area (Å²) in [7, 11) is -3.27. The number of amides is 2. The molecule has 3 aliphatic rings. The fourth-order valence-electron chi connectivity index (χ4n) is 8.28. The quantitative estimate of drug-likeness (QED) is 0.0603. The Labute approximate surface area is 366 Å². The molecule has 3 aromatic rings. The predicted molar refractivity (Wildman–Crippen MR) is 246 cm³/mol. The van der Waals surface area contributed by atoms with Crippen molar-refractivity contribution in [3.05, 3.63) is 137 Å². The lowest BCUT2D eigenvalue weighted by atomic mass is 9.87. The van der Waals surface area contributed by atoms with Gasteiger partial charge in [0.2, 0.25) is 11.8 Å². The van der Waals surface area contributed by atoms with Gasteiger partial charge in [0, 0.05) is 55.4 Å². The SMILES string of the molecule is C=C(Cc1cc(C#CCCCCC(=O)N2CCC(Cc3ccc(NC4=NC5C(=C4)C=CC=C5c4ccc(S(C)(=O)=O)cc4)cc3)CC2)ccc1C(C)=O)C(CCC(C)=O)C(N)=O. The Bertz CT molecular complexity index is 2510. The van der Waals surface area contributed by atoms with E-state index in [2.05, 4.69) is 60.2 Å². The van der Waals surface area contributed by atoms with Gasteiger partial charge < -0.3 is 20.7 Å². The molecule has 2 heterocycles. The van der Waals surface area contributed by atoms with Crippen LogP contribution in [0.1, 0.15) is 97.8 Å². The summed E-state index contributed by atoms with van der Waals surface area (Å²) >= 11 is 0. The molecule has 2 amide bonds. The van der Waals surface area contributed by atoms with E-state index in [1.54, 1.807) is 18.2 Å². The summed E-state index contributed by atoms with van der Waals surface area (Å²) in [6, 6.07) is 20.7. The minimum absolute atomic E-state index is 0.0272. The number of sulfone groups is 1. The molecule has 1 aliphatic carbocycles. The molecule has 0 saturated carbocycles. The molecule has 0 spiro atoms. The van der Waals surface area contributed by atoms with E-state index >= 15 is 0 Å². The van der Waals surface area contributed by atoms with Gasteiger partial charge in [-0.05, 0) is 141 Å². The molecule has 2 unspecified atom stereocenters. The van der Waals surface area contributed by atoms with Crippen LogP contribution in [0.25, 0.3) is 5.57 Å². The molecular formula is C51H56N4O6S. The molecule has 3 N–H and O–H groups in total. The van der Waals surface area contributed by atoms with Crippen LogP contribution in [0.15, 0.2) is 119 Å². The number of hydrogen-bond donors (Lipinski definition) is 2. The largest absolute Gasteiger partial charge is 0.369 e. The van der Waals surface area contributed by atoms with Crippen molar-refractivity contribution in [1.29, 1.82) is 0 Å². The summed E-state index contributed by atoms with van der Waals surface area (Å²) in [6.45, 7) is 8.58. The number of primary amides is 1. The summed E-state index contributed by atoms with van der Waals surface area (Å²) in [5.41, 5.74) is 13.5. The second-order valence-electron chi connectivity index (χ2n) is 16.7. The Balaban J connectivity index is 0.912. The number of fused-ring (bicyclic) bond motifs is 1. The van der Waals surface area contributed by atoms with E-state index in [0.717, 1.165) is 84.6 Å². The van der Waals surface area contributed by atoms with Crippen molar-refractivity contribution in [3.63, 3.8) is 0 Å². The van der Waals surface area contributed by atoms with Crippen LogP contribution < -0.4 is 11.1 Å². The number of aliphatic imine (C=N–C) groups is 1. The van der Waals surface area contributed by atoms with Crippen LogP contribution in [0.5, 0.6) is 0 Å². The van der Waals surface area contributed by atoms with Crippen molar-refractivity contribution in [2.24, 2.45) is 22.6 Å². The standard InChI is InChI=1S/C51H56N4O6S/c1-34(45(51(52)59)24-14-35(2)56)30-42-32-37(17-25-46(42)36(3)57)10-7-5-6-8-13-49(58)55-28-26-39(27-29-55)31-38-15-20-43(21-16-38)53-48-33-41-11-9-12-47(50(41)54-48)40-18-22-44(23-19-40)62(4,60)61/h9,11-12,15-23,25,32-33,39,45,50H,1,5-6,8,13-14,24,26-31H2,2-4H3,(H2,52,59)(H,53,54). The average Bonchev–Trinajstić information content (AvgIpc) is 3.65. The van der Waals surface area contributed by atoms with Crippen molar-refractivity contribution >= 4 is 50.3 Å². The first-order valence-electron chi connectivity index (χ1n) is 21.4. The van der Waals surface area contributed by atoms with Gasteiger partial charge in [-0.1, -0.05) is 66.5 Å². The number of benzene rings is 3. The number of amidine groups is 1. The Kier molecular flexibility index (Phi) is 15.1. The van der Waals surface area contributed by atoms with Crippen LogP contribution >= 0.6 is 0 Å². The second kappa shape index (κ2) is 20.6. The Hall–Kier alpha value is -6.12. The van der Waals surface area contributed by atoms with Gasteiger partial charge in [0.1, 0.15) is 17.7 Å². The highest BCUT2D eigenvalue weighted by Gasteiger charge is 2.27. The fourth-order valence-corrected chi connectivity index (χ4v) is 8.91. The molecule has 0 bridgehead atoms. The number of Topliss-reactive ketones (excluding diaryl/α,β-unsaturated/α-hetero) is 2. The maximum atomic E-state index is 13.1. The van der Waals surface area contributed by atoms with E-state index in [9.17, 15) is 27.6 Å². The molecule has 1 saturated heterocycles. The van der Waals surface area contributed by atoms with E-state index in [4.69, 9.17) is 10.7 Å². The van der Waals surface area contributed by atoms with Crippen LogP contribution in [0, 0.1) is 23.7 Å². The van der Waals surface area contributed by atoms with Crippen molar-refractivity contribution in [1.82, 2.24) is 4.90 Å². The molecule has 6 rings (SSSR count). The first-order chi connectivity index (χ1) is 29.6. The number of likely N-dealkylation sites (tertiary alicyclic amines) is 1. The van der Waals surface area contributed by atoms with Gasteiger partial charge in [-0.3, -0.25) is 19.4 Å². The molecule has 0 aromatic heterocycles. The number of nitrogens with two attached hydrogens (primary N) is 1. The molecule has 11 heteroatoms. The number of unbranched alkanes of at least 4 members (excludes halogenated alkanes) is 2. The number of carbonyl (C=O) groups is 4. The number of carbonyl (C=O) groups excluding carboxylic acids is 4. The van der Waals surface area contributed by atoms with Gasteiger partial charge in [-0.25, -0.2) is 8.42 Å². The minimum atomic E-state index is -3.27. The lowest BCUT2D eigenvalue weighted by molar-refractivity contribution is -0.132. The zero-order valence-corrected chi connectivity index (χ0v) is 36.7. The van der Waals surface area contributed by atoms with Crippen LogP contribution in [0.4, 0.5) is 5.69 Å². The van der Waals surface area contributed by atoms with Crippen molar-refractivity contribution in [2.75, 3.05) is 24.7 Å². The zero-order chi connectivity index (χ0) is 44.4. The summed E-state index contributed by atoms with van der Waals surface area (Å²) in [5.74, 6) is 6.56. The highest BCUT2D eigenvalue weighted by Crippen LogP contribution is 2.34. The summed E-state index contributed by atoms with van der Waals surface area (Å²) in [4.78, 5) is 56.3. The van der Waals surface area contributed by atoms with Gasteiger partial charge in [-0.15, -0.1) is 0 Å². The smallest absolute Gasteiger partial charge is 0.224 e. The second-order valence-corrected chi connectivity index (χ2v) is 18.7. The van der Waals surface area contributed by atoms with E-state index < -0.39 is 21.7 Å². The molecular weight excluding hydrogens is 797 g/mol. The van der Waals surface area contributed by atoms with Gasteiger partial charge in [0.05, 0.1) is 10.8 Å². The average molecular weight is 853 g/mol. The van der Waals surface area contributed by atoms with E-state index in [0.29, 0.717) is 41.2 Å². The normalized spacial score (nSPS) is 16.5. The molecule has 3 aromatic carbocycles. The number of nitrogens with one attached hydrogen (secondary N) is 1. The molecule has 2 aliphatic heterocycles. The van der Waals surface area contributed by atoms with Crippen molar-refractivity contribution in [3.8, 4) is 11.8 Å². The number of ketones is 2. The van der Waals surface area contributed by atoms with Crippen LogP contribution in [0.2, 0.25) is 0 Å². The maximum Gasteiger partial charge on any atom is 0.224 e. The minimum Gasteiger partial charge on any atom is -0.369 e. The lowest BCUT2D eigenvalue weighted by Gasteiger charge is -2.32. The zero-order valence-electron chi connectivity index (χ0n) is 35.9. The maximum absolute atomic E-state index is 13.1. The molecule has 322 valence electrons. The number of piperidine rings is 1. The Morgan fingerprint density at radius 2 is 1.69 bits per heavy atom. The van der Waals surface area contributed by atoms with E-state index in [-0.39, 0.29) is 36.4 Å². The molecule has 10 nitrogen and oxygen atoms in total. The first-order valence-corrected chi connectivity index (χ1v) is 23.2. The van der Waals surface area contributed by atoms with Gasteiger partial charge >= 0.3 is 0 Å². The third kappa shape index (κ3) is 12.3. The fraction of sp³-hybridized carbons (Fsp3) is 0.353. The first kappa shape index (κ1) is 45.4. The van der Waals surface area contributed by atoms with Gasteiger partial charge in [0.25, 0.3) is 0 Å². The van der Waals surface area contributed by atoms with Crippen LogP contribution in [0.3, 0.4) is 0 Å². The third-order valence-corrected chi connectivity index (χ3v) is 12.9. The monoisotopic (exact) mass is 852 g/mol. The molecule has 2 atom stereocenters. The summed E-state index contributed by atoms with van der Waals surface area (Å²) < 4.78 is 23.9. The van der Waals surface area contributed by atoms with Crippen LogP contribution in [-0.2, 0) is 37.1 Å². The number of anilines is 1. The topological polar surface area (TPSA) is 156 Å². The number of allylic oxidation sites excluding steroid dienone is 2. The number of hydrogen-bond acceptors (Lipinski definition) is 8. The summed E-state index contributed by atoms with van der Waals surface area (Å²) in [5, 5.41) is 3.46. The van der Waals surface area contributed by atoms with Gasteiger partial charge in [0.15, 0.2) is 15.6 Å². The molecule has 0 radical (unpaired) electrons. The number of nitrogens with zero attached hydrogens (tertiary/aromatic N) is 2.